The van der Waals surface area contributed by atoms with Crippen LogP contribution in [-0.4, -0.2) is 43.1 Å². The number of hydrogen-bond acceptors (Lipinski definition) is 7. The van der Waals surface area contributed by atoms with Crippen molar-refractivity contribution in [1.29, 1.82) is 0 Å². The van der Waals surface area contributed by atoms with Crippen LogP contribution >= 0.6 is 11.8 Å². The van der Waals surface area contributed by atoms with Gasteiger partial charge in [-0.15, -0.1) is 11.8 Å². The molecule has 1 aliphatic heterocycles. The lowest BCUT2D eigenvalue weighted by atomic mass is 10.1. The van der Waals surface area contributed by atoms with Crippen LogP contribution in [0.1, 0.15) is 16.8 Å². The van der Waals surface area contributed by atoms with Gasteiger partial charge in [0.05, 0.1) is 21.6 Å². The van der Waals surface area contributed by atoms with Gasteiger partial charge in [0.1, 0.15) is 11.2 Å². The maximum absolute atomic E-state index is 13.4. The molecule has 1 atom stereocenters. The molecule has 2 heterocycles. The molecule has 8 nitrogen and oxygen atoms in total. The Bertz CT molecular complexity index is 1630. The summed E-state index contributed by atoms with van der Waals surface area (Å²) in [6.45, 7) is 1.49. The third kappa shape index (κ3) is 4.06. The molecular formula is C26H24N4O4S2. The Hall–Kier alpha value is -3.63. The summed E-state index contributed by atoms with van der Waals surface area (Å²) in [5.74, 6) is 0.357. The van der Waals surface area contributed by atoms with E-state index in [1.165, 1.54) is 30.8 Å². The van der Waals surface area contributed by atoms with Gasteiger partial charge in [-0.1, -0.05) is 24.3 Å². The molecule has 0 spiro atoms. The van der Waals surface area contributed by atoms with E-state index in [-0.39, 0.29) is 27.4 Å². The van der Waals surface area contributed by atoms with Crippen LogP contribution in [0.3, 0.4) is 0 Å². The molecule has 1 fully saturated rings. The molecule has 0 N–H and O–H groups in total. The Morgan fingerprint density at radius 3 is 2.28 bits per heavy atom. The number of aromatic nitrogens is 2. The fraction of sp³-hybridized carbons (Fsp3) is 0.192. The minimum absolute atomic E-state index is 0.0527. The number of thioether (sulfide) groups is 1. The van der Waals surface area contributed by atoms with Gasteiger partial charge in [0, 0.05) is 25.5 Å². The van der Waals surface area contributed by atoms with Crippen LogP contribution in [0.25, 0.3) is 10.9 Å². The van der Waals surface area contributed by atoms with Gasteiger partial charge in [-0.25, -0.2) is 13.4 Å². The van der Waals surface area contributed by atoms with Gasteiger partial charge >= 0.3 is 0 Å². The van der Waals surface area contributed by atoms with Crippen molar-refractivity contribution in [2.75, 3.05) is 29.6 Å². The zero-order chi connectivity index (χ0) is 25.6. The Morgan fingerprint density at radius 2 is 1.61 bits per heavy atom. The number of aryl methyl sites for hydroxylation is 1. The summed E-state index contributed by atoms with van der Waals surface area (Å²) < 4.78 is 27.6. The lowest BCUT2D eigenvalue weighted by Gasteiger charge is -2.25. The van der Waals surface area contributed by atoms with Crippen LogP contribution in [0.2, 0.25) is 0 Å². The Kier molecular flexibility index (Phi) is 6.09. The highest BCUT2D eigenvalue weighted by Gasteiger charge is 2.34. The molecule has 1 aromatic heterocycles. The smallest absolute Gasteiger partial charge is 0.275 e. The Morgan fingerprint density at radius 1 is 0.944 bits per heavy atom. The quantitative estimate of drug-likeness (QED) is 0.395. The normalized spacial score (nSPS) is 16.0. The van der Waals surface area contributed by atoms with Gasteiger partial charge in [-0.2, -0.15) is 3.97 Å². The number of nitrogens with zero attached hydrogens (tertiary/aromatic N) is 4. The van der Waals surface area contributed by atoms with Crippen molar-refractivity contribution in [2.45, 2.75) is 17.2 Å². The average molecular weight is 521 g/mol. The number of anilines is 2. The first-order valence-electron chi connectivity index (χ1n) is 11.2. The first kappa shape index (κ1) is 24.1. The minimum atomic E-state index is -4.20. The highest BCUT2D eigenvalue weighted by Crippen LogP contribution is 2.42. The van der Waals surface area contributed by atoms with Gasteiger partial charge in [0.2, 0.25) is 5.91 Å². The van der Waals surface area contributed by atoms with Crippen LogP contribution in [0.5, 0.6) is 0 Å². The lowest BCUT2D eigenvalue weighted by Crippen LogP contribution is -2.31. The average Bonchev–Trinajstić information content (AvgIpc) is 3.25. The molecule has 0 bridgehead atoms. The maximum atomic E-state index is 13.4. The van der Waals surface area contributed by atoms with Crippen molar-refractivity contribution >= 4 is 50.0 Å². The molecule has 1 saturated heterocycles. The second-order valence-corrected chi connectivity index (χ2v) is 11.5. The van der Waals surface area contributed by atoms with E-state index < -0.39 is 15.6 Å². The van der Waals surface area contributed by atoms with E-state index in [2.05, 4.69) is 4.98 Å². The van der Waals surface area contributed by atoms with Crippen molar-refractivity contribution in [3.63, 3.8) is 0 Å². The van der Waals surface area contributed by atoms with Crippen LogP contribution in [0.4, 0.5) is 11.4 Å². The Balaban J connectivity index is 1.50. The Labute approximate surface area is 213 Å². The van der Waals surface area contributed by atoms with Crippen LogP contribution in [0.15, 0.2) is 82.5 Å². The zero-order valence-electron chi connectivity index (χ0n) is 20.0. The van der Waals surface area contributed by atoms with Crippen LogP contribution in [-0.2, 0) is 14.8 Å². The number of benzene rings is 3. The predicted octanol–water partition coefficient (Wildman–Crippen LogP) is 3.79. The fourth-order valence-corrected chi connectivity index (χ4v) is 6.86. The van der Waals surface area contributed by atoms with Gasteiger partial charge in [-0.3, -0.25) is 14.5 Å². The molecule has 3 aromatic carbocycles. The van der Waals surface area contributed by atoms with Crippen molar-refractivity contribution < 1.29 is 13.2 Å². The molecule has 1 aliphatic rings. The SMILES string of the molecule is Cc1nc2ccccc2c(=O)n1S(=O)(=O)c1ccc(N2C(=O)CSC2c2ccc(N(C)C)cc2)cc1. The standard InChI is InChI=1S/C26H24N4O4S2/c1-17-27-23-7-5-4-6-22(23)25(32)30(17)36(33,34)21-14-12-20(13-15-21)29-24(31)16-35-26(29)18-8-10-19(11-9-18)28(2)3/h4-15,26H,16H2,1-3H3. The molecule has 0 radical (unpaired) electrons. The summed E-state index contributed by atoms with van der Waals surface area (Å²) in [6, 6.07) is 20.7. The first-order chi connectivity index (χ1) is 17.2. The van der Waals surface area contributed by atoms with E-state index in [4.69, 9.17) is 0 Å². The number of para-hydroxylation sites is 1. The largest absolute Gasteiger partial charge is 0.378 e. The predicted molar refractivity (Wildman–Crippen MR) is 143 cm³/mol. The van der Waals surface area contributed by atoms with Crippen molar-refractivity contribution in [1.82, 2.24) is 8.96 Å². The number of carbonyl (C=O) groups excluding carboxylic acids is 1. The van der Waals surface area contributed by atoms with Crippen LogP contribution < -0.4 is 15.4 Å². The van der Waals surface area contributed by atoms with E-state index in [0.29, 0.717) is 17.0 Å². The highest BCUT2D eigenvalue weighted by atomic mass is 32.2. The molecule has 1 unspecified atom stereocenters. The molecule has 1 amide bonds. The van der Waals surface area contributed by atoms with Crippen molar-refractivity contribution in [2.24, 2.45) is 0 Å². The third-order valence-electron chi connectivity index (χ3n) is 6.11. The molecule has 5 rings (SSSR count). The van der Waals surface area contributed by atoms with Gasteiger partial charge in [-0.05, 0) is 61.0 Å². The number of carbonyl (C=O) groups is 1. The van der Waals surface area contributed by atoms with E-state index in [9.17, 15) is 18.0 Å². The number of amides is 1. The van der Waals surface area contributed by atoms with Crippen molar-refractivity contribution in [3.05, 3.63) is 94.5 Å². The summed E-state index contributed by atoms with van der Waals surface area (Å²) >= 11 is 1.52. The molecule has 184 valence electrons. The summed E-state index contributed by atoms with van der Waals surface area (Å²) in [4.78, 5) is 33.8. The summed E-state index contributed by atoms with van der Waals surface area (Å²) in [7, 11) is -0.263. The number of fused-ring (bicyclic) bond motifs is 1. The van der Waals surface area contributed by atoms with Crippen molar-refractivity contribution in [3.8, 4) is 0 Å². The van der Waals surface area contributed by atoms with E-state index in [1.54, 1.807) is 41.3 Å². The third-order valence-corrected chi connectivity index (χ3v) is 9.10. The van der Waals surface area contributed by atoms with Gasteiger partial charge in [0.25, 0.3) is 15.6 Å². The van der Waals surface area contributed by atoms with Gasteiger partial charge in [0.15, 0.2) is 0 Å². The molecule has 0 saturated carbocycles. The van der Waals surface area contributed by atoms with E-state index >= 15 is 0 Å². The lowest BCUT2D eigenvalue weighted by molar-refractivity contribution is -0.115. The maximum Gasteiger partial charge on any atom is 0.275 e. The summed E-state index contributed by atoms with van der Waals surface area (Å²) in [5, 5.41) is 0.0110. The molecule has 10 heteroatoms. The minimum Gasteiger partial charge on any atom is -0.378 e. The summed E-state index contributed by atoms with van der Waals surface area (Å²) in [5.41, 5.74) is 2.43. The second-order valence-electron chi connectivity index (χ2n) is 8.66. The number of hydrogen-bond donors (Lipinski definition) is 0. The molecule has 36 heavy (non-hydrogen) atoms. The zero-order valence-corrected chi connectivity index (χ0v) is 21.6. The van der Waals surface area contributed by atoms with Crippen LogP contribution in [0, 0.1) is 6.92 Å². The number of rotatable bonds is 5. The summed E-state index contributed by atoms with van der Waals surface area (Å²) in [6.07, 6.45) is 0. The highest BCUT2D eigenvalue weighted by molar-refractivity contribution is 8.00. The topological polar surface area (TPSA) is 92.6 Å². The molecule has 4 aromatic rings. The van der Waals surface area contributed by atoms with Gasteiger partial charge < -0.3 is 4.90 Å². The molecular weight excluding hydrogens is 496 g/mol. The first-order valence-corrected chi connectivity index (χ1v) is 13.7. The second kappa shape index (κ2) is 9.11. The van der Waals surface area contributed by atoms with E-state index in [1.807, 2.05) is 43.3 Å². The fourth-order valence-electron chi connectivity index (χ4n) is 4.28. The monoisotopic (exact) mass is 520 g/mol. The van der Waals surface area contributed by atoms with E-state index in [0.717, 1.165) is 15.2 Å². The molecule has 0 aliphatic carbocycles.